The van der Waals surface area contributed by atoms with Crippen LogP contribution in [0.1, 0.15) is 82.7 Å². The van der Waals surface area contributed by atoms with Crippen molar-refractivity contribution in [1.82, 2.24) is 20.3 Å². The molecule has 4 atom stereocenters. The summed E-state index contributed by atoms with van der Waals surface area (Å²) in [4.78, 5) is 14.5. The summed E-state index contributed by atoms with van der Waals surface area (Å²) in [5.74, 6) is 0.993. The van der Waals surface area contributed by atoms with Crippen molar-refractivity contribution in [3.05, 3.63) is 11.9 Å². The van der Waals surface area contributed by atoms with Crippen LogP contribution in [0.25, 0.3) is 0 Å². The number of nitrogens with zero attached hydrogens (tertiary/aromatic N) is 3. The summed E-state index contributed by atoms with van der Waals surface area (Å²) in [6.07, 6.45) is 15.3. The van der Waals surface area contributed by atoms with Gasteiger partial charge in [0.1, 0.15) is 17.3 Å². The summed E-state index contributed by atoms with van der Waals surface area (Å²) < 4.78 is 1.94. The van der Waals surface area contributed by atoms with Crippen LogP contribution in [0.15, 0.2) is 6.20 Å². The summed E-state index contributed by atoms with van der Waals surface area (Å²) in [5.41, 5.74) is -0.0322. The van der Waals surface area contributed by atoms with Crippen LogP contribution < -0.4 is 10.2 Å². The molecule has 7 heteroatoms. The van der Waals surface area contributed by atoms with Crippen molar-refractivity contribution in [2.45, 2.75) is 101 Å². The van der Waals surface area contributed by atoms with E-state index in [1.165, 1.54) is 25.7 Å². The van der Waals surface area contributed by atoms with E-state index >= 15 is 0 Å². The average Bonchev–Trinajstić information content (AvgIpc) is 3.25. The van der Waals surface area contributed by atoms with E-state index in [4.69, 9.17) is 0 Å². The fourth-order valence-corrected chi connectivity index (χ4v) is 6.59. The van der Waals surface area contributed by atoms with Crippen molar-refractivity contribution < 1.29 is 14.8 Å². The van der Waals surface area contributed by atoms with E-state index in [0.717, 1.165) is 76.7 Å². The summed E-state index contributed by atoms with van der Waals surface area (Å²) in [5, 5.41) is 23.0. The number of fused-ring (bicyclic) bond motifs is 3. The zero-order valence-electron chi connectivity index (χ0n) is 18.2. The van der Waals surface area contributed by atoms with Gasteiger partial charge in [0.25, 0.3) is 0 Å². The Kier molecular flexibility index (Phi) is 5.84. The van der Waals surface area contributed by atoms with Gasteiger partial charge in [-0.05, 0) is 31.6 Å². The molecular formula is C23H38N5O2+. The van der Waals surface area contributed by atoms with Gasteiger partial charge in [-0.3, -0.25) is 4.79 Å². The Bertz CT molecular complexity index is 738. The molecule has 3 aliphatic heterocycles. The Balaban J connectivity index is 1.18. The number of carbonyl (C=O) groups excluding carboxylic acids is 1. The molecule has 6 rings (SSSR count). The van der Waals surface area contributed by atoms with Crippen LogP contribution in [-0.4, -0.2) is 51.2 Å². The molecule has 166 valence electrons. The van der Waals surface area contributed by atoms with E-state index < -0.39 is 5.60 Å². The molecule has 1 amide bonds. The molecule has 2 saturated carbocycles. The molecule has 0 aromatic carbocycles. The zero-order valence-corrected chi connectivity index (χ0v) is 18.2. The average molecular weight is 417 g/mol. The van der Waals surface area contributed by atoms with Gasteiger partial charge in [-0.15, -0.1) is 5.10 Å². The number of quaternary nitrogens is 1. The molecule has 0 spiro atoms. The van der Waals surface area contributed by atoms with Gasteiger partial charge in [-0.2, -0.15) is 0 Å². The monoisotopic (exact) mass is 416 g/mol. The molecule has 30 heavy (non-hydrogen) atoms. The third kappa shape index (κ3) is 4.15. The minimum absolute atomic E-state index is 0.182. The van der Waals surface area contributed by atoms with Gasteiger partial charge in [0.05, 0.1) is 31.7 Å². The smallest absolute Gasteiger partial charge is 0.229 e. The van der Waals surface area contributed by atoms with Gasteiger partial charge in [-0.25, -0.2) is 4.68 Å². The number of carbonyl (C=O) groups is 1. The third-order valence-electron chi connectivity index (χ3n) is 8.44. The highest BCUT2D eigenvalue weighted by Gasteiger charge is 2.47. The molecular weight excluding hydrogens is 378 g/mol. The SMILES string of the molecule is O=C(NC1CCCCC1)[C@H]1C[NH+]2CC[C@H]1C[C@@H]2Cn1cc(C2(O)CCCCC2)nn1. The van der Waals surface area contributed by atoms with E-state index in [2.05, 4.69) is 15.6 Å². The van der Waals surface area contributed by atoms with Crippen LogP contribution in [0.5, 0.6) is 0 Å². The van der Waals surface area contributed by atoms with E-state index in [1.54, 1.807) is 4.90 Å². The largest absolute Gasteiger partial charge is 0.383 e. The molecule has 1 aromatic rings. The maximum atomic E-state index is 13.0. The Morgan fingerprint density at radius 3 is 2.67 bits per heavy atom. The lowest BCUT2D eigenvalue weighted by molar-refractivity contribution is -0.945. The lowest BCUT2D eigenvalue weighted by atomic mass is 9.75. The molecule has 7 nitrogen and oxygen atoms in total. The highest BCUT2D eigenvalue weighted by molar-refractivity contribution is 5.79. The first-order valence-electron chi connectivity index (χ1n) is 12.4. The van der Waals surface area contributed by atoms with Gasteiger partial charge >= 0.3 is 0 Å². The summed E-state index contributed by atoms with van der Waals surface area (Å²) in [6.45, 7) is 2.96. The fourth-order valence-electron chi connectivity index (χ4n) is 6.59. The molecule has 2 aliphatic carbocycles. The summed E-state index contributed by atoms with van der Waals surface area (Å²) in [6, 6.07) is 0.907. The Labute approximate surface area is 179 Å². The van der Waals surface area contributed by atoms with E-state index in [1.807, 2.05) is 10.9 Å². The number of rotatable bonds is 5. The number of piperidine rings is 3. The maximum Gasteiger partial charge on any atom is 0.229 e. The van der Waals surface area contributed by atoms with Crippen LogP contribution in [0, 0.1) is 11.8 Å². The number of aromatic nitrogens is 3. The van der Waals surface area contributed by atoms with E-state index in [9.17, 15) is 9.90 Å². The molecule has 1 aromatic heterocycles. The van der Waals surface area contributed by atoms with Gasteiger partial charge in [0.2, 0.25) is 5.91 Å². The second-order valence-corrected chi connectivity index (χ2v) is 10.5. The highest BCUT2D eigenvalue weighted by atomic mass is 16.3. The molecule has 3 N–H and O–H groups in total. The Hall–Kier alpha value is -1.47. The second kappa shape index (κ2) is 8.58. The molecule has 0 radical (unpaired) electrons. The van der Waals surface area contributed by atoms with Crippen LogP contribution in [-0.2, 0) is 16.9 Å². The fraction of sp³-hybridized carbons (Fsp3) is 0.870. The first-order chi connectivity index (χ1) is 14.6. The van der Waals surface area contributed by atoms with Gasteiger partial charge in [0.15, 0.2) is 0 Å². The minimum Gasteiger partial charge on any atom is -0.383 e. The molecule has 4 heterocycles. The topological polar surface area (TPSA) is 84.5 Å². The normalized spacial score (nSPS) is 34.0. The lowest BCUT2D eigenvalue weighted by Crippen LogP contribution is -3.20. The zero-order chi connectivity index (χ0) is 20.6. The van der Waals surface area contributed by atoms with Crippen LogP contribution >= 0.6 is 0 Å². The van der Waals surface area contributed by atoms with Crippen molar-refractivity contribution in [2.75, 3.05) is 13.1 Å². The second-order valence-electron chi connectivity index (χ2n) is 10.5. The van der Waals surface area contributed by atoms with Crippen molar-refractivity contribution in [3.8, 4) is 0 Å². The van der Waals surface area contributed by atoms with Crippen molar-refractivity contribution in [1.29, 1.82) is 0 Å². The molecule has 2 bridgehead atoms. The number of aliphatic hydroxyl groups is 1. The maximum absolute atomic E-state index is 13.0. The van der Waals surface area contributed by atoms with Crippen molar-refractivity contribution in [3.63, 3.8) is 0 Å². The van der Waals surface area contributed by atoms with Crippen molar-refractivity contribution in [2.24, 2.45) is 11.8 Å². The van der Waals surface area contributed by atoms with Crippen LogP contribution in [0.4, 0.5) is 0 Å². The predicted octanol–water partition coefficient (Wildman–Crippen LogP) is 1.17. The Morgan fingerprint density at radius 1 is 1.17 bits per heavy atom. The summed E-state index contributed by atoms with van der Waals surface area (Å²) >= 11 is 0. The summed E-state index contributed by atoms with van der Waals surface area (Å²) in [7, 11) is 0. The molecule has 5 fully saturated rings. The predicted molar refractivity (Wildman–Crippen MR) is 113 cm³/mol. The molecule has 1 unspecified atom stereocenters. The van der Waals surface area contributed by atoms with Gasteiger partial charge in [0, 0.05) is 18.9 Å². The van der Waals surface area contributed by atoms with Gasteiger partial charge < -0.3 is 15.3 Å². The first kappa shape index (κ1) is 20.4. The minimum atomic E-state index is -0.780. The number of hydrogen-bond acceptors (Lipinski definition) is 4. The standard InChI is InChI=1S/C23H37N5O2/c29-22(24-18-7-3-1-4-8-18)20-15-27-12-9-17(20)13-19(27)14-28-16-21(25-26-28)23(30)10-5-2-6-11-23/h16-20,30H,1-15H2,(H,24,29)/p+1/t17-,19+,20-/m0/s1. The van der Waals surface area contributed by atoms with Crippen LogP contribution in [0.3, 0.4) is 0 Å². The molecule has 3 saturated heterocycles. The van der Waals surface area contributed by atoms with Crippen molar-refractivity contribution >= 4 is 5.91 Å². The number of nitrogens with one attached hydrogen (secondary N) is 2. The van der Waals surface area contributed by atoms with Crippen LogP contribution in [0.2, 0.25) is 0 Å². The van der Waals surface area contributed by atoms with Gasteiger partial charge in [-0.1, -0.05) is 43.7 Å². The van der Waals surface area contributed by atoms with E-state index in [-0.39, 0.29) is 5.92 Å². The number of hydrogen-bond donors (Lipinski definition) is 3. The number of amides is 1. The highest BCUT2D eigenvalue weighted by Crippen LogP contribution is 2.35. The molecule has 5 aliphatic rings. The first-order valence-corrected chi connectivity index (χ1v) is 12.4. The lowest BCUT2D eigenvalue weighted by Gasteiger charge is -2.46. The quantitative estimate of drug-likeness (QED) is 0.673. The van der Waals surface area contributed by atoms with E-state index in [0.29, 0.717) is 23.9 Å². The third-order valence-corrected chi connectivity index (χ3v) is 8.44. The Morgan fingerprint density at radius 2 is 1.93 bits per heavy atom.